The minimum absolute atomic E-state index is 0.0438. The number of aromatic nitrogens is 6. The van der Waals surface area contributed by atoms with Gasteiger partial charge in [0.05, 0.1) is 12.6 Å². The van der Waals surface area contributed by atoms with E-state index in [1.165, 1.54) is 12.1 Å². The highest BCUT2D eigenvalue weighted by molar-refractivity contribution is 5.97. The number of rotatable bonds is 4. The van der Waals surface area contributed by atoms with E-state index in [0.717, 1.165) is 5.56 Å². The van der Waals surface area contributed by atoms with Crippen molar-refractivity contribution in [2.75, 3.05) is 0 Å². The minimum Gasteiger partial charge on any atom is -0.504 e. The van der Waals surface area contributed by atoms with Gasteiger partial charge in [-0.1, -0.05) is 12.1 Å². The van der Waals surface area contributed by atoms with E-state index in [-0.39, 0.29) is 23.2 Å². The Morgan fingerprint density at radius 1 is 0.933 bits per heavy atom. The van der Waals surface area contributed by atoms with Crippen molar-refractivity contribution in [3.63, 3.8) is 0 Å². The lowest BCUT2D eigenvalue weighted by Gasteiger charge is -2.08. The van der Waals surface area contributed by atoms with Gasteiger partial charge >= 0.3 is 0 Å². The molecule has 5 rings (SSSR count). The molecule has 0 spiro atoms. The molecular formula is C21H13FN6O2. The van der Waals surface area contributed by atoms with Crippen LogP contribution >= 0.6 is 0 Å². The van der Waals surface area contributed by atoms with Gasteiger partial charge in [0.25, 0.3) is 5.89 Å². The first-order valence-corrected chi connectivity index (χ1v) is 9.00. The third-order valence-electron chi connectivity index (χ3n) is 4.48. The van der Waals surface area contributed by atoms with Crippen molar-refractivity contribution in [3.05, 3.63) is 78.5 Å². The highest BCUT2D eigenvalue weighted by Gasteiger charge is 2.21. The molecule has 8 nitrogen and oxygen atoms in total. The molecule has 30 heavy (non-hydrogen) atoms. The maximum Gasteiger partial charge on any atom is 0.270 e. The van der Waals surface area contributed by atoms with Crippen LogP contribution in [0, 0.1) is 5.82 Å². The molecule has 0 saturated carbocycles. The molecule has 0 radical (unpaired) electrons. The monoisotopic (exact) mass is 400 g/mol. The van der Waals surface area contributed by atoms with Gasteiger partial charge in [-0.2, -0.15) is 0 Å². The van der Waals surface area contributed by atoms with Crippen molar-refractivity contribution >= 4 is 10.9 Å². The zero-order valence-electron chi connectivity index (χ0n) is 15.4. The summed E-state index contributed by atoms with van der Waals surface area (Å²) in [5.74, 6) is -0.142. The molecule has 0 amide bonds. The van der Waals surface area contributed by atoms with Crippen LogP contribution in [0.3, 0.4) is 0 Å². The molecule has 0 saturated heterocycles. The fourth-order valence-corrected chi connectivity index (χ4v) is 3.09. The first-order chi connectivity index (χ1) is 14.7. The van der Waals surface area contributed by atoms with E-state index < -0.39 is 0 Å². The molecule has 0 aliphatic carbocycles. The Bertz CT molecular complexity index is 1340. The standard InChI is InChI=1S/C21H13FN6O2/c22-13-5-3-12(4-6-13)10-16-27-28-21(30-16)19-20(29)18-14(2-1-7-25-18)17(26-19)15-11-23-8-9-24-15/h1-9,11,29H,10H2. The molecular weight excluding hydrogens is 387 g/mol. The van der Waals surface area contributed by atoms with Gasteiger partial charge in [0.2, 0.25) is 5.89 Å². The molecule has 1 N–H and O–H groups in total. The Morgan fingerprint density at radius 2 is 1.80 bits per heavy atom. The molecule has 0 bridgehead atoms. The predicted molar refractivity (Wildman–Crippen MR) is 105 cm³/mol. The summed E-state index contributed by atoms with van der Waals surface area (Å²) < 4.78 is 18.8. The third kappa shape index (κ3) is 3.22. The van der Waals surface area contributed by atoms with E-state index in [0.29, 0.717) is 34.6 Å². The summed E-state index contributed by atoms with van der Waals surface area (Å²) in [6.07, 6.45) is 6.57. The average molecular weight is 400 g/mol. The van der Waals surface area contributed by atoms with Gasteiger partial charge < -0.3 is 9.52 Å². The second-order valence-corrected chi connectivity index (χ2v) is 6.45. The number of halogens is 1. The topological polar surface area (TPSA) is 111 Å². The van der Waals surface area contributed by atoms with Gasteiger partial charge in [0, 0.05) is 24.0 Å². The summed E-state index contributed by atoms with van der Waals surface area (Å²) in [5.41, 5.74) is 2.24. The van der Waals surface area contributed by atoms with Crippen LogP contribution in [0.25, 0.3) is 33.9 Å². The zero-order valence-corrected chi connectivity index (χ0v) is 15.4. The van der Waals surface area contributed by atoms with Crippen molar-refractivity contribution in [1.29, 1.82) is 0 Å². The van der Waals surface area contributed by atoms with Gasteiger partial charge in [-0.3, -0.25) is 15.0 Å². The van der Waals surface area contributed by atoms with Gasteiger partial charge in [0.1, 0.15) is 22.7 Å². The lowest BCUT2D eigenvalue weighted by Crippen LogP contribution is -1.96. The SMILES string of the molecule is Oc1c(-c2nnc(Cc3ccc(F)cc3)o2)nc(-c2cnccn2)c2cccnc12. The number of hydrogen-bond donors (Lipinski definition) is 1. The van der Waals surface area contributed by atoms with Crippen LogP contribution in [-0.2, 0) is 6.42 Å². The number of aromatic hydroxyl groups is 1. The lowest BCUT2D eigenvalue weighted by molar-refractivity contribution is 0.471. The van der Waals surface area contributed by atoms with E-state index in [2.05, 4.69) is 30.1 Å². The lowest BCUT2D eigenvalue weighted by atomic mass is 10.1. The molecule has 0 atom stereocenters. The maximum atomic E-state index is 13.1. The smallest absolute Gasteiger partial charge is 0.270 e. The molecule has 0 fully saturated rings. The number of pyridine rings is 2. The Kier molecular flexibility index (Phi) is 4.32. The largest absolute Gasteiger partial charge is 0.504 e. The number of fused-ring (bicyclic) bond motifs is 1. The Morgan fingerprint density at radius 3 is 2.60 bits per heavy atom. The van der Waals surface area contributed by atoms with E-state index in [1.807, 2.05) is 0 Å². The number of benzene rings is 1. The van der Waals surface area contributed by atoms with Crippen LogP contribution in [-0.4, -0.2) is 35.2 Å². The first kappa shape index (κ1) is 17.8. The maximum absolute atomic E-state index is 13.1. The summed E-state index contributed by atoms with van der Waals surface area (Å²) in [6, 6.07) is 9.54. The molecule has 0 unspecified atom stereocenters. The first-order valence-electron chi connectivity index (χ1n) is 9.00. The molecule has 1 aromatic carbocycles. The third-order valence-corrected chi connectivity index (χ3v) is 4.48. The fraction of sp³-hybridized carbons (Fsp3) is 0.0476. The van der Waals surface area contributed by atoms with Gasteiger partial charge in [-0.25, -0.2) is 9.37 Å². The number of hydrogen-bond acceptors (Lipinski definition) is 8. The molecule has 5 aromatic rings. The Labute approximate surface area is 169 Å². The Hall–Kier alpha value is -4.27. The average Bonchev–Trinajstić information content (AvgIpc) is 3.25. The van der Waals surface area contributed by atoms with Crippen molar-refractivity contribution in [3.8, 4) is 28.7 Å². The molecule has 9 heteroatoms. The van der Waals surface area contributed by atoms with Crippen molar-refractivity contribution in [2.24, 2.45) is 0 Å². The fourth-order valence-electron chi connectivity index (χ4n) is 3.09. The van der Waals surface area contributed by atoms with Crippen LogP contribution in [0.1, 0.15) is 11.5 Å². The highest BCUT2D eigenvalue weighted by Crippen LogP contribution is 2.37. The summed E-state index contributed by atoms with van der Waals surface area (Å²) in [6.45, 7) is 0. The quantitative estimate of drug-likeness (QED) is 0.487. The van der Waals surface area contributed by atoms with Crippen LogP contribution in [0.5, 0.6) is 5.75 Å². The summed E-state index contributed by atoms with van der Waals surface area (Å²) in [4.78, 5) is 17.2. The van der Waals surface area contributed by atoms with Crippen LogP contribution in [0.4, 0.5) is 4.39 Å². The summed E-state index contributed by atoms with van der Waals surface area (Å²) in [5, 5.41) is 19.4. The van der Waals surface area contributed by atoms with Crippen molar-refractivity contribution in [2.45, 2.75) is 6.42 Å². The van der Waals surface area contributed by atoms with E-state index in [4.69, 9.17) is 4.42 Å². The summed E-state index contributed by atoms with van der Waals surface area (Å²) in [7, 11) is 0. The van der Waals surface area contributed by atoms with Gasteiger partial charge in [-0.15, -0.1) is 10.2 Å². The Balaban J connectivity index is 1.60. The van der Waals surface area contributed by atoms with Crippen molar-refractivity contribution < 1.29 is 13.9 Å². The summed E-state index contributed by atoms with van der Waals surface area (Å²) >= 11 is 0. The number of nitrogens with zero attached hydrogens (tertiary/aromatic N) is 6. The molecule has 4 aromatic heterocycles. The highest BCUT2D eigenvalue weighted by atomic mass is 19.1. The van der Waals surface area contributed by atoms with Crippen LogP contribution < -0.4 is 0 Å². The van der Waals surface area contributed by atoms with Gasteiger partial charge in [0.15, 0.2) is 11.4 Å². The second kappa shape index (κ2) is 7.28. The normalized spacial score (nSPS) is 11.1. The molecule has 4 heterocycles. The second-order valence-electron chi connectivity index (χ2n) is 6.45. The van der Waals surface area contributed by atoms with Crippen LogP contribution in [0.15, 0.2) is 65.6 Å². The zero-order chi connectivity index (χ0) is 20.5. The van der Waals surface area contributed by atoms with Gasteiger partial charge in [-0.05, 0) is 29.8 Å². The molecule has 146 valence electrons. The van der Waals surface area contributed by atoms with E-state index in [1.54, 1.807) is 49.1 Å². The van der Waals surface area contributed by atoms with E-state index in [9.17, 15) is 9.50 Å². The molecule has 0 aliphatic rings. The van der Waals surface area contributed by atoms with Crippen molar-refractivity contribution in [1.82, 2.24) is 30.1 Å². The molecule has 0 aliphatic heterocycles. The predicted octanol–water partition coefficient (Wildman–Crippen LogP) is 3.57. The van der Waals surface area contributed by atoms with E-state index >= 15 is 0 Å². The minimum atomic E-state index is -0.320. The van der Waals surface area contributed by atoms with Crippen LogP contribution in [0.2, 0.25) is 0 Å².